The number of benzene rings is 1. The number of pyridine rings is 1. The van der Waals surface area contributed by atoms with Crippen LogP contribution in [-0.4, -0.2) is 32.3 Å². The fourth-order valence-electron chi connectivity index (χ4n) is 2.30. The van der Waals surface area contributed by atoms with Gasteiger partial charge >= 0.3 is 11.8 Å². The summed E-state index contributed by atoms with van der Waals surface area (Å²) in [7, 11) is 0. The van der Waals surface area contributed by atoms with E-state index in [2.05, 4.69) is 10.3 Å². The van der Waals surface area contributed by atoms with E-state index in [1.165, 1.54) is 0 Å². The number of aliphatic hydroxyl groups is 1. The van der Waals surface area contributed by atoms with Gasteiger partial charge in [0.1, 0.15) is 11.5 Å². The van der Waals surface area contributed by atoms with Gasteiger partial charge in [-0.1, -0.05) is 30.3 Å². The van der Waals surface area contributed by atoms with Crippen LogP contribution in [0.4, 0.5) is 27.8 Å². The number of aromatic nitrogens is 1. The third-order valence-electron chi connectivity index (χ3n) is 3.44. The number of carboxylic acid groups (broad SMARTS) is 1. The van der Waals surface area contributed by atoms with E-state index in [-0.39, 0.29) is 11.5 Å². The molecule has 1 amide bonds. The molecule has 25 heavy (non-hydrogen) atoms. The molecule has 0 radical (unpaired) electrons. The number of nitrogens with two attached hydrogens (primary N) is 1. The molecule has 0 saturated carbocycles. The Bertz CT molecular complexity index is 783. The van der Waals surface area contributed by atoms with E-state index in [0.29, 0.717) is 5.56 Å². The van der Waals surface area contributed by atoms with Crippen LogP contribution >= 0.6 is 0 Å². The first-order valence-corrected chi connectivity index (χ1v) is 7.24. The molecule has 1 aromatic heterocycles. The molecule has 10 nitrogen and oxygen atoms in total. The van der Waals surface area contributed by atoms with Crippen LogP contribution in [-0.2, 0) is 0 Å². The highest BCUT2D eigenvalue weighted by molar-refractivity contribution is 5.85. The molecule has 132 valence electrons. The SMILES string of the molecule is C[C@H](Nc1cc(NC(=O)O)nc(N)c1[N+](=O)[O-])[C@H](O)c1ccccc1. The average Bonchev–Trinajstić information content (AvgIpc) is 2.53. The highest BCUT2D eigenvalue weighted by Crippen LogP contribution is 2.33. The first kappa shape index (κ1) is 17.9. The van der Waals surface area contributed by atoms with Crippen LogP contribution in [0.5, 0.6) is 0 Å². The second-order valence-corrected chi connectivity index (χ2v) is 5.26. The van der Waals surface area contributed by atoms with Crippen molar-refractivity contribution in [3.8, 4) is 0 Å². The zero-order valence-electron chi connectivity index (χ0n) is 13.2. The Morgan fingerprint density at radius 3 is 2.56 bits per heavy atom. The van der Waals surface area contributed by atoms with Crippen molar-refractivity contribution in [1.29, 1.82) is 0 Å². The van der Waals surface area contributed by atoms with Gasteiger partial charge in [-0.2, -0.15) is 0 Å². The standard InChI is InChI=1S/C15H17N5O5/c1-8(13(21)9-5-3-2-4-6-9)17-10-7-11(19-15(22)23)18-14(16)12(10)20(24)25/h2-8,13,21H,1H3,(H,22,23)(H4,16,17,18,19)/t8-,13-/m0/s1. The van der Waals surface area contributed by atoms with Crippen molar-refractivity contribution < 1.29 is 19.9 Å². The molecule has 2 rings (SSSR count). The molecule has 2 aromatic rings. The highest BCUT2D eigenvalue weighted by Gasteiger charge is 2.25. The lowest BCUT2D eigenvalue weighted by atomic mass is 10.0. The van der Waals surface area contributed by atoms with E-state index in [1.807, 2.05) is 5.32 Å². The molecule has 0 fully saturated rings. The minimum atomic E-state index is -1.39. The molecule has 10 heteroatoms. The van der Waals surface area contributed by atoms with E-state index < -0.39 is 34.7 Å². The van der Waals surface area contributed by atoms with E-state index in [4.69, 9.17) is 10.8 Å². The van der Waals surface area contributed by atoms with Gasteiger partial charge in [-0.3, -0.25) is 15.4 Å². The maximum Gasteiger partial charge on any atom is 0.410 e. The molecule has 2 atom stereocenters. The normalized spacial score (nSPS) is 12.9. The summed E-state index contributed by atoms with van der Waals surface area (Å²) in [5, 5.41) is 35.2. The molecule has 1 heterocycles. The van der Waals surface area contributed by atoms with Crippen LogP contribution in [0.25, 0.3) is 0 Å². The van der Waals surface area contributed by atoms with E-state index in [1.54, 1.807) is 37.3 Å². The van der Waals surface area contributed by atoms with Gasteiger partial charge in [0.25, 0.3) is 0 Å². The minimum Gasteiger partial charge on any atom is -0.465 e. The number of aliphatic hydroxyl groups excluding tert-OH is 1. The first-order chi connectivity index (χ1) is 11.8. The van der Waals surface area contributed by atoms with Gasteiger partial charge in [-0.05, 0) is 12.5 Å². The Balaban J connectivity index is 2.34. The molecule has 1 aromatic carbocycles. The lowest BCUT2D eigenvalue weighted by Gasteiger charge is -2.22. The molecule has 0 saturated heterocycles. The number of anilines is 3. The van der Waals surface area contributed by atoms with Gasteiger partial charge in [0.2, 0.25) is 5.82 Å². The van der Waals surface area contributed by atoms with E-state index >= 15 is 0 Å². The van der Waals surface area contributed by atoms with Crippen LogP contribution in [0, 0.1) is 10.1 Å². The topological polar surface area (TPSA) is 164 Å². The monoisotopic (exact) mass is 347 g/mol. The van der Waals surface area contributed by atoms with Gasteiger partial charge in [-0.25, -0.2) is 9.78 Å². The fraction of sp³-hybridized carbons (Fsp3) is 0.200. The number of carbonyl (C=O) groups is 1. The van der Waals surface area contributed by atoms with Crippen molar-refractivity contribution in [2.45, 2.75) is 19.1 Å². The van der Waals surface area contributed by atoms with Crippen LogP contribution in [0.2, 0.25) is 0 Å². The number of hydrogen-bond acceptors (Lipinski definition) is 7. The fourth-order valence-corrected chi connectivity index (χ4v) is 2.30. The molecule has 0 bridgehead atoms. The summed E-state index contributed by atoms with van der Waals surface area (Å²) in [6.07, 6.45) is -2.34. The summed E-state index contributed by atoms with van der Waals surface area (Å²) >= 11 is 0. The van der Waals surface area contributed by atoms with Crippen molar-refractivity contribution in [3.05, 3.63) is 52.1 Å². The number of rotatable bonds is 6. The van der Waals surface area contributed by atoms with Crippen molar-refractivity contribution in [2.24, 2.45) is 0 Å². The van der Waals surface area contributed by atoms with Crippen molar-refractivity contribution in [2.75, 3.05) is 16.4 Å². The molecular formula is C15H17N5O5. The minimum absolute atomic E-state index is 0.0521. The quantitative estimate of drug-likeness (QED) is 0.392. The Hall–Kier alpha value is -3.40. The molecular weight excluding hydrogens is 330 g/mol. The largest absolute Gasteiger partial charge is 0.465 e. The molecule has 0 spiro atoms. The van der Waals surface area contributed by atoms with Crippen molar-refractivity contribution in [1.82, 2.24) is 4.98 Å². The zero-order chi connectivity index (χ0) is 18.6. The number of nitrogens with zero attached hydrogens (tertiary/aromatic N) is 2. The summed E-state index contributed by atoms with van der Waals surface area (Å²) in [4.78, 5) is 24.9. The second kappa shape index (κ2) is 7.45. The van der Waals surface area contributed by atoms with Crippen LogP contribution in [0.1, 0.15) is 18.6 Å². The van der Waals surface area contributed by atoms with Gasteiger partial charge in [-0.15, -0.1) is 0 Å². The summed E-state index contributed by atoms with van der Waals surface area (Å²) in [5.41, 5.74) is 5.65. The van der Waals surface area contributed by atoms with Crippen molar-refractivity contribution in [3.63, 3.8) is 0 Å². The van der Waals surface area contributed by atoms with Crippen LogP contribution in [0.15, 0.2) is 36.4 Å². The Kier molecular flexibility index (Phi) is 5.35. The summed E-state index contributed by atoms with van der Waals surface area (Å²) in [6, 6.07) is 9.27. The molecule has 0 aliphatic heterocycles. The van der Waals surface area contributed by atoms with E-state index in [0.717, 1.165) is 6.07 Å². The van der Waals surface area contributed by atoms with Crippen LogP contribution in [0.3, 0.4) is 0 Å². The third-order valence-corrected chi connectivity index (χ3v) is 3.44. The predicted octanol–water partition coefficient (Wildman–Crippen LogP) is 2.20. The number of hydrogen-bond donors (Lipinski definition) is 5. The molecule has 0 unspecified atom stereocenters. The lowest BCUT2D eigenvalue weighted by molar-refractivity contribution is -0.383. The second-order valence-electron chi connectivity index (χ2n) is 5.26. The highest BCUT2D eigenvalue weighted by atomic mass is 16.6. The summed E-state index contributed by atoms with van der Waals surface area (Å²) in [6.45, 7) is 1.63. The summed E-state index contributed by atoms with van der Waals surface area (Å²) < 4.78 is 0. The smallest absolute Gasteiger partial charge is 0.410 e. The van der Waals surface area contributed by atoms with Gasteiger partial charge in [0.15, 0.2) is 0 Å². The number of amides is 1. The molecule has 0 aliphatic rings. The van der Waals surface area contributed by atoms with E-state index in [9.17, 15) is 20.0 Å². The predicted molar refractivity (Wildman–Crippen MR) is 91.4 cm³/mol. The third kappa shape index (κ3) is 4.32. The first-order valence-electron chi connectivity index (χ1n) is 7.24. The zero-order valence-corrected chi connectivity index (χ0v) is 13.2. The van der Waals surface area contributed by atoms with Gasteiger partial charge in [0.05, 0.1) is 17.1 Å². The molecule has 0 aliphatic carbocycles. The Morgan fingerprint density at radius 1 is 1.36 bits per heavy atom. The van der Waals surface area contributed by atoms with Gasteiger partial charge < -0.3 is 21.3 Å². The Morgan fingerprint density at radius 2 is 2.00 bits per heavy atom. The molecule has 6 N–H and O–H groups in total. The summed E-state index contributed by atoms with van der Waals surface area (Å²) in [5.74, 6) is -0.611. The van der Waals surface area contributed by atoms with Gasteiger partial charge in [0, 0.05) is 6.07 Å². The maximum absolute atomic E-state index is 11.2. The maximum atomic E-state index is 11.2. The van der Waals surface area contributed by atoms with Crippen LogP contribution < -0.4 is 16.4 Å². The average molecular weight is 347 g/mol. The lowest BCUT2D eigenvalue weighted by Crippen LogP contribution is -2.25. The number of nitrogens with one attached hydrogen (secondary N) is 2. The number of nitro groups is 1. The Labute approximate surface area is 142 Å². The van der Waals surface area contributed by atoms with Crippen molar-refractivity contribution >= 4 is 29.1 Å². The number of nitrogen functional groups attached to an aromatic ring is 1.